The molecule has 7 nitrogen and oxygen atoms in total. The smallest absolute Gasteiger partial charge is 0.329 e. The van der Waals surface area contributed by atoms with Gasteiger partial charge in [0, 0.05) is 18.5 Å². The van der Waals surface area contributed by atoms with Crippen molar-refractivity contribution < 1.29 is 33.7 Å². The lowest BCUT2D eigenvalue weighted by atomic mass is 10.1. The van der Waals surface area contributed by atoms with E-state index >= 15 is 0 Å². The molecule has 2 rings (SSSR count). The van der Waals surface area contributed by atoms with E-state index in [9.17, 15) is 23.9 Å². The molecular formula is C14H13ClFNO6. The number of benzene rings is 1. The van der Waals surface area contributed by atoms with E-state index in [0.717, 1.165) is 17.0 Å². The van der Waals surface area contributed by atoms with Crippen LogP contribution in [0.5, 0.6) is 0 Å². The van der Waals surface area contributed by atoms with Crippen molar-refractivity contribution in [3.05, 3.63) is 34.6 Å². The Balaban J connectivity index is 2.17. The number of carboxylic acids is 2. The van der Waals surface area contributed by atoms with Crippen LogP contribution in [0.4, 0.5) is 4.39 Å². The van der Waals surface area contributed by atoms with Crippen LogP contribution < -0.4 is 0 Å². The van der Waals surface area contributed by atoms with Gasteiger partial charge in [-0.25, -0.2) is 14.0 Å². The molecule has 1 aromatic carbocycles. The molecule has 9 heteroatoms. The largest absolute Gasteiger partial charge is 0.480 e. The highest BCUT2D eigenvalue weighted by Crippen LogP contribution is 2.25. The first-order valence-electron chi connectivity index (χ1n) is 6.61. The Bertz CT molecular complexity index is 652. The van der Waals surface area contributed by atoms with Crippen LogP contribution in [-0.2, 0) is 14.3 Å². The molecule has 1 heterocycles. The second-order valence-electron chi connectivity index (χ2n) is 5.00. The Kier molecular flexibility index (Phi) is 5.17. The van der Waals surface area contributed by atoms with Gasteiger partial charge in [0.2, 0.25) is 0 Å². The summed E-state index contributed by atoms with van der Waals surface area (Å²) < 4.78 is 18.2. The minimum Gasteiger partial charge on any atom is -0.480 e. The fourth-order valence-corrected chi connectivity index (χ4v) is 2.54. The van der Waals surface area contributed by atoms with Gasteiger partial charge < -0.3 is 19.8 Å². The van der Waals surface area contributed by atoms with Gasteiger partial charge in [0.05, 0.1) is 11.1 Å². The first kappa shape index (κ1) is 17.2. The Morgan fingerprint density at radius 2 is 2.04 bits per heavy atom. The highest BCUT2D eigenvalue weighted by Gasteiger charge is 2.40. The average molecular weight is 346 g/mol. The van der Waals surface area contributed by atoms with Crippen LogP contribution in [0.25, 0.3) is 0 Å². The van der Waals surface area contributed by atoms with Crippen LogP contribution in [0, 0.1) is 5.82 Å². The van der Waals surface area contributed by atoms with Gasteiger partial charge in [-0.3, -0.25) is 4.79 Å². The molecule has 1 fully saturated rings. The number of carbonyl (C=O) groups is 3. The summed E-state index contributed by atoms with van der Waals surface area (Å²) in [7, 11) is 0. The summed E-state index contributed by atoms with van der Waals surface area (Å²) in [6, 6.07) is 2.18. The van der Waals surface area contributed by atoms with E-state index in [1.54, 1.807) is 0 Å². The molecule has 1 amide bonds. The van der Waals surface area contributed by atoms with Gasteiger partial charge in [-0.2, -0.15) is 0 Å². The molecular weight excluding hydrogens is 333 g/mol. The third-order valence-corrected chi connectivity index (χ3v) is 3.71. The Morgan fingerprint density at radius 3 is 2.61 bits per heavy atom. The van der Waals surface area contributed by atoms with Crippen molar-refractivity contribution >= 4 is 29.4 Å². The molecule has 0 spiro atoms. The number of rotatable bonds is 5. The maximum atomic E-state index is 13.2. The second-order valence-corrected chi connectivity index (χ2v) is 5.41. The summed E-state index contributed by atoms with van der Waals surface area (Å²) in [6.07, 6.45) is -0.726. The average Bonchev–Trinajstić information content (AvgIpc) is 2.91. The third kappa shape index (κ3) is 3.96. The van der Waals surface area contributed by atoms with Gasteiger partial charge in [-0.1, -0.05) is 11.6 Å². The van der Waals surface area contributed by atoms with Crippen molar-refractivity contribution in [2.24, 2.45) is 0 Å². The number of halogens is 2. The lowest BCUT2D eigenvalue weighted by molar-refractivity contribution is -0.144. The SMILES string of the molecule is O=C(O)COC1CC(C(=O)O)N(C(=O)c2ccc(F)c(Cl)c2)C1. The third-order valence-electron chi connectivity index (χ3n) is 3.42. The lowest BCUT2D eigenvalue weighted by Gasteiger charge is -2.21. The van der Waals surface area contributed by atoms with Crippen LogP contribution in [0.15, 0.2) is 18.2 Å². The summed E-state index contributed by atoms with van der Waals surface area (Å²) >= 11 is 5.62. The number of aliphatic carboxylic acids is 2. The number of hydrogen-bond donors (Lipinski definition) is 2. The maximum absolute atomic E-state index is 13.2. The van der Waals surface area contributed by atoms with Gasteiger partial charge in [-0.15, -0.1) is 0 Å². The normalized spacial score (nSPS) is 20.5. The molecule has 23 heavy (non-hydrogen) atoms. The summed E-state index contributed by atoms with van der Waals surface area (Å²) in [5, 5.41) is 17.6. The molecule has 1 saturated heterocycles. The summed E-state index contributed by atoms with van der Waals surface area (Å²) in [6.45, 7) is -0.653. The Morgan fingerprint density at radius 1 is 1.35 bits per heavy atom. The fraction of sp³-hybridized carbons (Fsp3) is 0.357. The molecule has 2 atom stereocenters. The van der Waals surface area contributed by atoms with Gasteiger partial charge in [-0.05, 0) is 18.2 Å². The summed E-state index contributed by atoms with van der Waals surface area (Å²) in [5.74, 6) is -3.75. The standard InChI is InChI=1S/C14H13ClFNO6/c15-9-3-7(1-2-10(9)16)13(20)17-5-8(23-6-12(18)19)4-11(17)14(21)22/h1-3,8,11H,4-6H2,(H,18,19)(H,21,22). The molecule has 124 valence electrons. The number of likely N-dealkylation sites (tertiary alicyclic amines) is 1. The van der Waals surface area contributed by atoms with Crippen LogP contribution in [-0.4, -0.2) is 58.3 Å². The molecule has 1 aliphatic heterocycles. The van der Waals surface area contributed by atoms with Crippen LogP contribution in [0.1, 0.15) is 16.8 Å². The zero-order valence-corrected chi connectivity index (χ0v) is 12.5. The zero-order chi connectivity index (χ0) is 17.1. The van der Waals surface area contributed by atoms with E-state index in [-0.39, 0.29) is 23.6 Å². The molecule has 1 aromatic rings. The van der Waals surface area contributed by atoms with Crippen molar-refractivity contribution in [1.82, 2.24) is 4.90 Å². The van der Waals surface area contributed by atoms with Crippen molar-refractivity contribution in [2.75, 3.05) is 13.2 Å². The highest BCUT2D eigenvalue weighted by molar-refractivity contribution is 6.31. The van der Waals surface area contributed by atoms with Crippen molar-refractivity contribution in [3.63, 3.8) is 0 Å². The summed E-state index contributed by atoms with van der Waals surface area (Å²) in [4.78, 5) is 35.3. The van der Waals surface area contributed by atoms with E-state index < -0.39 is 42.4 Å². The van der Waals surface area contributed by atoms with Gasteiger partial charge in [0.15, 0.2) is 0 Å². The number of amides is 1. The zero-order valence-electron chi connectivity index (χ0n) is 11.7. The molecule has 0 saturated carbocycles. The van der Waals surface area contributed by atoms with Crippen LogP contribution in [0.3, 0.4) is 0 Å². The van der Waals surface area contributed by atoms with Crippen LogP contribution >= 0.6 is 11.6 Å². The van der Waals surface area contributed by atoms with E-state index in [1.165, 1.54) is 6.07 Å². The molecule has 1 aliphatic rings. The molecule has 0 aliphatic carbocycles. The van der Waals surface area contributed by atoms with Gasteiger partial charge in [0.1, 0.15) is 18.5 Å². The molecule has 0 bridgehead atoms. The Labute approximate surface area is 135 Å². The monoisotopic (exact) mass is 345 g/mol. The number of ether oxygens (including phenoxy) is 1. The Hall–Kier alpha value is -2.19. The molecule has 0 radical (unpaired) electrons. The highest BCUT2D eigenvalue weighted by atomic mass is 35.5. The predicted molar refractivity (Wildman–Crippen MR) is 75.9 cm³/mol. The van der Waals surface area contributed by atoms with E-state index in [1.807, 2.05) is 0 Å². The quantitative estimate of drug-likeness (QED) is 0.832. The van der Waals surface area contributed by atoms with Crippen LogP contribution in [0.2, 0.25) is 5.02 Å². The second kappa shape index (κ2) is 6.93. The maximum Gasteiger partial charge on any atom is 0.329 e. The topological polar surface area (TPSA) is 104 Å². The van der Waals surface area contributed by atoms with E-state index in [4.69, 9.17) is 21.4 Å². The number of carboxylic acid groups (broad SMARTS) is 2. The molecule has 2 unspecified atom stereocenters. The minimum absolute atomic E-state index is 0.0245. The van der Waals surface area contributed by atoms with Crippen molar-refractivity contribution in [2.45, 2.75) is 18.6 Å². The van der Waals surface area contributed by atoms with Crippen molar-refractivity contribution in [3.8, 4) is 0 Å². The first-order chi connectivity index (χ1) is 10.8. The fourth-order valence-electron chi connectivity index (χ4n) is 2.36. The van der Waals surface area contributed by atoms with E-state index in [2.05, 4.69) is 0 Å². The summed E-state index contributed by atoms with van der Waals surface area (Å²) in [5.41, 5.74) is 0.0431. The van der Waals surface area contributed by atoms with E-state index in [0.29, 0.717) is 0 Å². The van der Waals surface area contributed by atoms with Gasteiger partial charge >= 0.3 is 11.9 Å². The predicted octanol–water partition coefficient (Wildman–Crippen LogP) is 1.25. The minimum atomic E-state index is -1.23. The van der Waals surface area contributed by atoms with Crippen molar-refractivity contribution in [1.29, 1.82) is 0 Å². The lowest BCUT2D eigenvalue weighted by Crippen LogP contribution is -2.40. The first-order valence-corrected chi connectivity index (χ1v) is 6.99. The number of carbonyl (C=O) groups excluding carboxylic acids is 1. The number of nitrogens with zero attached hydrogens (tertiary/aromatic N) is 1. The van der Waals surface area contributed by atoms with Gasteiger partial charge in [0.25, 0.3) is 5.91 Å². The molecule has 0 aromatic heterocycles. The molecule has 2 N–H and O–H groups in total. The number of hydrogen-bond acceptors (Lipinski definition) is 4.